The predicted molar refractivity (Wildman–Crippen MR) is 104 cm³/mol. The quantitative estimate of drug-likeness (QED) is 0.793. The van der Waals surface area contributed by atoms with Crippen LogP contribution in [0.3, 0.4) is 0 Å². The Morgan fingerprint density at radius 1 is 1.00 bits per heavy atom. The van der Waals surface area contributed by atoms with Gasteiger partial charge in [0.15, 0.2) is 0 Å². The first kappa shape index (κ1) is 18.5. The largest absolute Gasteiger partial charge is 0.313 e. The van der Waals surface area contributed by atoms with Gasteiger partial charge in [0.1, 0.15) is 0 Å². The molecule has 1 aliphatic carbocycles. The molecule has 7 heteroatoms. The Bertz CT molecular complexity index is 900. The van der Waals surface area contributed by atoms with E-state index < -0.39 is 10.0 Å². The Hall–Kier alpha value is -1.27. The van der Waals surface area contributed by atoms with Crippen LogP contribution in [-0.2, 0) is 10.0 Å². The molecule has 0 aliphatic heterocycles. The van der Waals surface area contributed by atoms with Crippen molar-refractivity contribution in [3.8, 4) is 0 Å². The lowest BCUT2D eigenvalue weighted by Crippen LogP contribution is -2.24. The Morgan fingerprint density at radius 3 is 2.40 bits per heavy atom. The van der Waals surface area contributed by atoms with Crippen LogP contribution in [0.25, 0.3) is 0 Å². The molecule has 1 unspecified atom stereocenters. The summed E-state index contributed by atoms with van der Waals surface area (Å²) >= 11 is 12.2. The molecule has 3 rings (SSSR count). The maximum atomic E-state index is 11.5. The summed E-state index contributed by atoms with van der Waals surface area (Å²) in [6, 6.07) is 11.7. The minimum atomic E-state index is -3.31. The molecular formula is C18H20Cl2N2O2S. The van der Waals surface area contributed by atoms with Gasteiger partial charge in [-0.15, -0.1) is 0 Å². The van der Waals surface area contributed by atoms with Crippen LogP contribution >= 0.6 is 23.2 Å². The molecule has 2 aromatic rings. The Labute approximate surface area is 158 Å². The number of fused-ring (bicyclic) bond motifs is 1. The van der Waals surface area contributed by atoms with E-state index >= 15 is 0 Å². The molecule has 0 fully saturated rings. The normalized spacial score (nSPS) is 20.2. The van der Waals surface area contributed by atoms with Gasteiger partial charge in [0, 0.05) is 17.6 Å². The average molecular weight is 399 g/mol. The number of anilines is 1. The monoisotopic (exact) mass is 398 g/mol. The van der Waals surface area contributed by atoms with Crippen molar-refractivity contribution in [3.63, 3.8) is 0 Å². The lowest BCUT2D eigenvalue weighted by molar-refractivity contribution is 0.471. The standard InChI is InChI=1S/C18H20Cl2N2O2S/c1-21-18-8-6-13(11-3-7-16(19)17(20)9-11)14-5-4-12(10-15(14)18)22-25(2,23)24/h3-5,7,9-10,13,18,21-22H,6,8H2,1-2H3/t13?,18-/m0/s1. The van der Waals surface area contributed by atoms with Crippen molar-refractivity contribution in [2.24, 2.45) is 0 Å². The maximum absolute atomic E-state index is 11.5. The van der Waals surface area contributed by atoms with Crippen molar-refractivity contribution < 1.29 is 8.42 Å². The number of hydrogen-bond donors (Lipinski definition) is 2. The van der Waals surface area contributed by atoms with Crippen LogP contribution in [0.4, 0.5) is 5.69 Å². The van der Waals surface area contributed by atoms with Gasteiger partial charge in [-0.3, -0.25) is 4.72 Å². The lowest BCUT2D eigenvalue weighted by Gasteiger charge is -2.32. The van der Waals surface area contributed by atoms with Crippen molar-refractivity contribution in [3.05, 3.63) is 63.1 Å². The molecule has 0 saturated carbocycles. The molecule has 0 spiro atoms. The molecule has 0 saturated heterocycles. The van der Waals surface area contributed by atoms with Crippen molar-refractivity contribution in [2.45, 2.75) is 24.8 Å². The molecule has 1 aliphatic rings. The highest BCUT2D eigenvalue weighted by Crippen LogP contribution is 2.43. The summed E-state index contributed by atoms with van der Waals surface area (Å²) in [7, 11) is -1.39. The third-order valence-corrected chi connectivity index (χ3v) is 5.92. The number of hydrogen-bond acceptors (Lipinski definition) is 3. The topological polar surface area (TPSA) is 58.2 Å². The molecule has 2 N–H and O–H groups in total. The van der Waals surface area contributed by atoms with Crippen LogP contribution in [0.1, 0.15) is 41.5 Å². The summed E-state index contributed by atoms with van der Waals surface area (Å²) in [5, 5.41) is 4.41. The van der Waals surface area contributed by atoms with E-state index in [1.807, 2.05) is 43.4 Å². The van der Waals surface area contributed by atoms with Crippen molar-refractivity contribution >= 4 is 38.9 Å². The van der Waals surface area contributed by atoms with E-state index in [1.54, 1.807) is 0 Å². The Balaban J connectivity index is 2.04. The number of halogens is 2. The number of benzene rings is 2. The predicted octanol–water partition coefficient (Wildman–Crippen LogP) is 4.55. The van der Waals surface area contributed by atoms with E-state index in [-0.39, 0.29) is 12.0 Å². The first-order valence-electron chi connectivity index (χ1n) is 8.02. The maximum Gasteiger partial charge on any atom is 0.229 e. The molecular weight excluding hydrogens is 379 g/mol. The van der Waals surface area contributed by atoms with Crippen LogP contribution in [0.5, 0.6) is 0 Å². The van der Waals surface area contributed by atoms with Gasteiger partial charge in [0.25, 0.3) is 0 Å². The van der Waals surface area contributed by atoms with Crippen molar-refractivity contribution in [2.75, 3.05) is 18.0 Å². The summed E-state index contributed by atoms with van der Waals surface area (Å²) in [4.78, 5) is 0. The van der Waals surface area contributed by atoms with Gasteiger partial charge < -0.3 is 5.32 Å². The average Bonchev–Trinajstić information content (AvgIpc) is 2.55. The van der Waals surface area contributed by atoms with Crippen LogP contribution in [0.15, 0.2) is 36.4 Å². The van der Waals surface area contributed by atoms with Gasteiger partial charge in [-0.05, 0) is 60.8 Å². The van der Waals surface area contributed by atoms with E-state index in [0.717, 1.165) is 30.2 Å². The van der Waals surface area contributed by atoms with Gasteiger partial charge in [-0.2, -0.15) is 0 Å². The summed E-state index contributed by atoms with van der Waals surface area (Å²) in [6.45, 7) is 0. The van der Waals surface area contributed by atoms with E-state index in [2.05, 4.69) is 10.0 Å². The number of rotatable bonds is 4. The van der Waals surface area contributed by atoms with E-state index in [9.17, 15) is 8.42 Å². The molecule has 2 atom stereocenters. The lowest BCUT2D eigenvalue weighted by atomic mass is 9.76. The van der Waals surface area contributed by atoms with Gasteiger partial charge >= 0.3 is 0 Å². The zero-order valence-electron chi connectivity index (χ0n) is 14.0. The molecule has 0 radical (unpaired) electrons. The molecule has 4 nitrogen and oxygen atoms in total. The summed E-state index contributed by atoms with van der Waals surface area (Å²) in [6.07, 6.45) is 3.09. The molecule has 0 amide bonds. The summed E-state index contributed by atoms with van der Waals surface area (Å²) in [5.41, 5.74) is 3.99. The van der Waals surface area contributed by atoms with Gasteiger partial charge in [0.2, 0.25) is 10.0 Å². The second kappa shape index (κ2) is 7.16. The zero-order chi connectivity index (χ0) is 18.2. The smallest absolute Gasteiger partial charge is 0.229 e. The highest BCUT2D eigenvalue weighted by atomic mass is 35.5. The Morgan fingerprint density at radius 2 is 1.76 bits per heavy atom. The van der Waals surface area contributed by atoms with Gasteiger partial charge in [-0.25, -0.2) is 8.42 Å². The van der Waals surface area contributed by atoms with Gasteiger partial charge in [0.05, 0.1) is 16.3 Å². The van der Waals surface area contributed by atoms with Crippen molar-refractivity contribution in [1.82, 2.24) is 5.32 Å². The molecule has 0 heterocycles. The third kappa shape index (κ3) is 4.11. The molecule has 0 bridgehead atoms. The minimum absolute atomic E-state index is 0.190. The minimum Gasteiger partial charge on any atom is -0.313 e. The zero-order valence-corrected chi connectivity index (χ0v) is 16.3. The number of sulfonamides is 1. The summed E-state index contributed by atoms with van der Waals surface area (Å²) < 4.78 is 25.6. The van der Waals surface area contributed by atoms with Gasteiger partial charge in [-0.1, -0.05) is 35.3 Å². The SMILES string of the molecule is CN[C@H]1CCC(c2ccc(Cl)c(Cl)c2)c2ccc(NS(C)(=O)=O)cc21. The molecule has 2 aromatic carbocycles. The number of nitrogens with one attached hydrogen (secondary N) is 2. The van der Waals surface area contributed by atoms with Crippen molar-refractivity contribution in [1.29, 1.82) is 0 Å². The fourth-order valence-corrected chi connectivity index (χ4v) is 4.35. The van der Waals surface area contributed by atoms with E-state index in [4.69, 9.17) is 23.2 Å². The van der Waals surface area contributed by atoms with Crippen LogP contribution in [-0.4, -0.2) is 21.7 Å². The van der Waals surface area contributed by atoms with Crippen LogP contribution in [0, 0.1) is 0 Å². The van der Waals surface area contributed by atoms with E-state index in [0.29, 0.717) is 15.7 Å². The third-order valence-electron chi connectivity index (χ3n) is 4.58. The fourth-order valence-electron chi connectivity index (χ4n) is 3.49. The van der Waals surface area contributed by atoms with E-state index in [1.165, 1.54) is 5.56 Å². The second-order valence-corrected chi connectivity index (χ2v) is 8.93. The summed E-state index contributed by atoms with van der Waals surface area (Å²) in [5.74, 6) is 0.210. The highest BCUT2D eigenvalue weighted by molar-refractivity contribution is 7.92. The molecule has 134 valence electrons. The fraction of sp³-hybridized carbons (Fsp3) is 0.333. The molecule has 25 heavy (non-hydrogen) atoms. The van der Waals surface area contributed by atoms with Crippen LogP contribution in [0.2, 0.25) is 10.0 Å². The Kier molecular flexibility index (Phi) is 5.30. The first-order valence-corrected chi connectivity index (χ1v) is 10.7. The highest BCUT2D eigenvalue weighted by Gasteiger charge is 2.28. The first-order chi connectivity index (χ1) is 11.8. The second-order valence-electron chi connectivity index (χ2n) is 6.36. The molecule has 0 aromatic heterocycles. The van der Waals surface area contributed by atoms with Crippen LogP contribution < -0.4 is 10.0 Å².